The molecule has 0 saturated carbocycles. The number of carbonyl (C=O) groups excluding carboxylic acids is 2. The van der Waals surface area contributed by atoms with Crippen LogP contribution in [0.5, 0.6) is 11.5 Å². The number of benzene rings is 2. The molecular weight excluding hydrogens is 403 g/mol. The molecule has 1 N–H and O–H groups in total. The average molecular weight is 425 g/mol. The molecule has 0 atom stereocenters. The summed E-state index contributed by atoms with van der Waals surface area (Å²) >= 11 is 0. The Hall–Kier alpha value is -3.23. The number of hydrogen-bond acceptors (Lipinski definition) is 5. The molecule has 0 fully saturated rings. The summed E-state index contributed by atoms with van der Waals surface area (Å²) in [5.74, 6) is -0.719. The van der Waals surface area contributed by atoms with Crippen LogP contribution in [0.15, 0.2) is 42.5 Å². The zero-order valence-corrected chi connectivity index (χ0v) is 16.7. The lowest BCUT2D eigenvalue weighted by Crippen LogP contribution is -2.34. The number of alkyl carbamates (subject to hydrolysis) is 1. The van der Waals surface area contributed by atoms with E-state index >= 15 is 0 Å². The van der Waals surface area contributed by atoms with Crippen LogP contribution in [-0.4, -0.2) is 37.5 Å². The molecule has 0 radical (unpaired) electrons. The van der Waals surface area contributed by atoms with Gasteiger partial charge in [0.15, 0.2) is 17.8 Å². The van der Waals surface area contributed by atoms with E-state index in [0.717, 1.165) is 6.07 Å². The summed E-state index contributed by atoms with van der Waals surface area (Å²) in [4.78, 5) is 22.9. The molecule has 0 heterocycles. The molecule has 0 unspecified atom stereocenters. The van der Waals surface area contributed by atoms with Gasteiger partial charge in [-0.2, -0.15) is 0 Å². The molecule has 9 heteroatoms. The summed E-state index contributed by atoms with van der Waals surface area (Å²) in [6, 6.07) is 10.5. The van der Waals surface area contributed by atoms with E-state index < -0.39 is 23.8 Å². The first-order valence-electron chi connectivity index (χ1n) is 9.02. The molecule has 2 aromatic carbocycles. The van der Waals surface area contributed by atoms with Crippen LogP contribution in [0.25, 0.3) is 11.1 Å². The van der Waals surface area contributed by atoms with Gasteiger partial charge < -0.3 is 19.5 Å². The van der Waals surface area contributed by atoms with Gasteiger partial charge in [-0.05, 0) is 44.0 Å². The Morgan fingerprint density at radius 2 is 1.77 bits per heavy atom. The predicted molar refractivity (Wildman–Crippen MR) is 104 cm³/mol. The molecule has 2 rings (SSSR count). The highest BCUT2D eigenvalue weighted by Gasteiger charge is 2.32. The molecule has 2 aromatic rings. The molecule has 6 nitrogen and oxygen atoms in total. The van der Waals surface area contributed by atoms with Gasteiger partial charge in [-0.15, -0.1) is 13.2 Å². The van der Waals surface area contributed by atoms with E-state index in [2.05, 4.69) is 10.1 Å². The fraction of sp³-hybridized carbons (Fsp3) is 0.333. The third-order valence-corrected chi connectivity index (χ3v) is 3.60. The molecule has 0 aromatic heterocycles. The Morgan fingerprint density at radius 3 is 2.40 bits per heavy atom. The largest absolute Gasteiger partial charge is 0.573 e. The maximum absolute atomic E-state index is 12.7. The second-order valence-corrected chi connectivity index (χ2v) is 7.19. The van der Waals surface area contributed by atoms with E-state index in [9.17, 15) is 22.8 Å². The molecule has 162 valence electrons. The minimum Gasteiger partial charge on any atom is -0.488 e. The van der Waals surface area contributed by atoms with Crippen molar-refractivity contribution in [3.05, 3.63) is 48.0 Å². The second kappa shape index (κ2) is 9.51. The summed E-state index contributed by atoms with van der Waals surface area (Å²) in [5.41, 5.74) is 0.698. The summed E-state index contributed by atoms with van der Waals surface area (Å²) in [7, 11) is 0. The highest BCUT2D eigenvalue weighted by atomic mass is 19.4. The number of halogens is 3. The standard InChI is InChI=1S/C21H22F3NO5/c1-20(2,3)30-19(27)25-10-11-28-18-12-14(8-9-17(18)29-21(22,23)24)16-7-5-4-6-15(16)13-26/h4-9,12-13H,10-11H2,1-3H3,(H,25,27). The monoisotopic (exact) mass is 425 g/mol. The second-order valence-electron chi connectivity index (χ2n) is 7.19. The third-order valence-electron chi connectivity index (χ3n) is 3.60. The van der Waals surface area contributed by atoms with Crippen LogP contribution in [0.3, 0.4) is 0 Å². The number of ether oxygens (including phenoxy) is 3. The highest BCUT2D eigenvalue weighted by molar-refractivity contribution is 5.88. The zero-order chi connectivity index (χ0) is 22.4. The topological polar surface area (TPSA) is 73.9 Å². The van der Waals surface area contributed by atoms with E-state index in [1.54, 1.807) is 45.0 Å². The lowest BCUT2D eigenvalue weighted by atomic mass is 10.00. The van der Waals surface area contributed by atoms with Crippen LogP contribution < -0.4 is 14.8 Å². The number of carbonyl (C=O) groups is 2. The Kier molecular flexibility index (Phi) is 7.31. The first-order valence-corrected chi connectivity index (χ1v) is 9.02. The van der Waals surface area contributed by atoms with Gasteiger partial charge in [0, 0.05) is 5.56 Å². The van der Waals surface area contributed by atoms with Crippen LogP contribution in [0.1, 0.15) is 31.1 Å². The van der Waals surface area contributed by atoms with Crippen molar-refractivity contribution in [3.63, 3.8) is 0 Å². The summed E-state index contributed by atoms with van der Waals surface area (Å²) in [5, 5.41) is 2.45. The minimum atomic E-state index is -4.91. The fourth-order valence-electron chi connectivity index (χ4n) is 2.49. The lowest BCUT2D eigenvalue weighted by molar-refractivity contribution is -0.275. The maximum atomic E-state index is 12.7. The van der Waals surface area contributed by atoms with Crippen molar-refractivity contribution >= 4 is 12.4 Å². The van der Waals surface area contributed by atoms with Crippen molar-refractivity contribution < 1.29 is 37.0 Å². The Labute approximate surface area is 171 Å². The molecule has 0 aliphatic heterocycles. The number of alkyl halides is 3. The normalized spacial score (nSPS) is 11.5. The van der Waals surface area contributed by atoms with Crippen molar-refractivity contribution in [1.82, 2.24) is 5.32 Å². The molecular formula is C21H22F3NO5. The zero-order valence-electron chi connectivity index (χ0n) is 16.7. The number of rotatable bonds is 7. The van der Waals surface area contributed by atoms with Gasteiger partial charge in [-0.1, -0.05) is 30.3 Å². The third kappa shape index (κ3) is 7.31. The smallest absolute Gasteiger partial charge is 0.488 e. The molecule has 0 spiro atoms. The molecule has 0 saturated heterocycles. The van der Waals surface area contributed by atoms with Gasteiger partial charge >= 0.3 is 12.5 Å². The Morgan fingerprint density at radius 1 is 1.07 bits per heavy atom. The van der Waals surface area contributed by atoms with Gasteiger partial charge in [0.2, 0.25) is 0 Å². The first kappa shape index (κ1) is 23.1. The van der Waals surface area contributed by atoms with Gasteiger partial charge in [0.05, 0.1) is 6.54 Å². The maximum Gasteiger partial charge on any atom is 0.573 e. The summed E-state index contributed by atoms with van der Waals surface area (Å²) in [6.45, 7) is 4.97. The first-order chi connectivity index (χ1) is 14.0. The number of aldehydes is 1. The molecule has 0 aliphatic carbocycles. The Balaban J connectivity index is 2.18. The quantitative estimate of drug-likeness (QED) is 0.501. The van der Waals surface area contributed by atoms with E-state index in [4.69, 9.17) is 9.47 Å². The summed E-state index contributed by atoms with van der Waals surface area (Å²) in [6.07, 6.45) is -4.93. The number of nitrogens with one attached hydrogen (secondary N) is 1. The van der Waals surface area contributed by atoms with E-state index in [1.807, 2.05) is 0 Å². The van der Waals surface area contributed by atoms with E-state index in [-0.39, 0.29) is 18.9 Å². The Bertz CT molecular complexity index is 891. The highest BCUT2D eigenvalue weighted by Crippen LogP contribution is 2.36. The van der Waals surface area contributed by atoms with E-state index in [1.165, 1.54) is 12.1 Å². The average Bonchev–Trinajstić information content (AvgIpc) is 2.63. The van der Waals surface area contributed by atoms with Gasteiger partial charge in [-0.25, -0.2) is 4.79 Å². The van der Waals surface area contributed by atoms with Gasteiger partial charge in [0.25, 0.3) is 0 Å². The van der Waals surface area contributed by atoms with Crippen LogP contribution in [0, 0.1) is 0 Å². The van der Waals surface area contributed by atoms with Crippen molar-refractivity contribution in [1.29, 1.82) is 0 Å². The molecule has 0 aliphatic rings. The summed E-state index contributed by atoms with van der Waals surface area (Å²) < 4.78 is 52.7. The predicted octanol–water partition coefficient (Wildman–Crippen LogP) is 4.97. The molecule has 1 amide bonds. The van der Waals surface area contributed by atoms with Crippen LogP contribution in [-0.2, 0) is 4.74 Å². The van der Waals surface area contributed by atoms with Crippen molar-refractivity contribution in [2.45, 2.75) is 32.7 Å². The lowest BCUT2D eigenvalue weighted by Gasteiger charge is -2.20. The van der Waals surface area contributed by atoms with E-state index in [0.29, 0.717) is 23.0 Å². The van der Waals surface area contributed by atoms with Crippen LogP contribution >= 0.6 is 0 Å². The van der Waals surface area contributed by atoms with Gasteiger partial charge in [0.1, 0.15) is 12.2 Å². The van der Waals surface area contributed by atoms with Gasteiger partial charge in [-0.3, -0.25) is 4.79 Å². The van der Waals surface area contributed by atoms with Crippen molar-refractivity contribution in [2.75, 3.05) is 13.2 Å². The van der Waals surface area contributed by atoms with Crippen LogP contribution in [0.2, 0.25) is 0 Å². The molecule has 30 heavy (non-hydrogen) atoms. The fourth-order valence-corrected chi connectivity index (χ4v) is 2.49. The number of hydrogen-bond donors (Lipinski definition) is 1. The number of amides is 1. The van der Waals surface area contributed by atoms with Crippen LogP contribution in [0.4, 0.5) is 18.0 Å². The molecule has 0 bridgehead atoms. The van der Waals surface area contributed by atoms with Crippen molar-refractivity contribution in [3.8, 4) is 22.6 Å². The van der Waals surface area contributed by atoms with Crippen molar-refractivity contribution in [2.24, 2.45) is 0 Å². The minimum absolute atomic E-state index is 0.00444. The SMILES string of the molecule is CC(C)(C)OC(=O)NCCOc1cc(-c2ccccc2C=O)ccc1OC(F)(F)F.